The van der Waals surface area contributed by atoms with Crippen LogP contribution in [0.1, 0.15) is 53.0 Å². The van der Waals surface area contributed by atoms with Crippen molar-refractivity contribution in [2.24, 2.45) is 7.05 Å². The number of hydrogen-bond donors (Lipinski definition) is 2. The Bertz CT molecular complexity index is 1260. The smallest absolute Gasteiger partial charge is 0.270 e. The first-order chi connectivity index (χ1) is 15.3. The number of hydrogen-bond acceptors (Lipinski definition) is 6. The quantitative estimate of drug-likeness (QED) is 0.563. The summed E-state index contributed by atoms with van der Waals surface area (Å²) in [4.78, 5) is 17.4. The number of aromatic nitrogens is 3. The molecule has 1 aliphatic rings. The van der Waals surface area contributed by atoms with Gasteiger partial charge in [0.15, 0.2) is 0 Å². The average Bonchev–Trinajstić information content (AvgIpc) is 3.30. The minimum Gasteiger partial charge on any atom is -0.441 e. The summed E-state index contributed by atoms with van der Waals surface area (Å²) < 4.78 is 34.1. The molecular weight excluding hydrogens is 430 g/mol. The van der Waals surface area contributed by atoms with E-state index in [0.717, 1.165) is 36.9 Å². The van der Waals surface area contributed by atoms with Crippen molar-refractivity contribution >= 4 is 21.6 Å². The summed E-state index contributed by atoms with van der Waals surface area (Å²) in [5, 5.41) is 7.43. The monoisotopic (exact) mass is 457 g/mol. The number of oxazole rings is 1. The number of carbonyl (C=O) groups is 1. The normalized spacial score (nSPS) is 13.6. The van der Waals surface area contributed by atoms with Gasteiger partial charge < -0.3 is 9.73 Å². The SMILES string of the molecule is CCS(=O)(=O)Nc1ccccc1-c1nc(CNC(=O)c2c3c(nn2C)CCCC3)c(C)o1. The largest absolute Gasteiger partial charge is 0.441 e. The predicted octanol–water partition coefficient (Wildman–Crippen LogP) is 2.95. The Hall–Kier alpha value is -3.14. The first kappa shape index (κ1) is 22.1. The first-order valence-electron chi connectivity index (χ1n) is 10.7. The Morgan fingerprint density at radius 3 is 2.75 bits per heavy atom. The molecule has 0 atom stereocenters. The summed E-state index contributed by atoms with van der Waals surface area (Å²) in [6.45, 7) is 3.53. The van der Waals surface area contributed by atoms with Crippen molar-refractivity contribution in [3.8, 4) is 11.5 Å². The van der Waals surface area contributed by atoms with E-state index in [1.807, 2.05) is 0 Å². The van der Waals surface area contributed by atoms with E-state index < -0.39 is 10.0 Å². The Labute approximate surface area is 187 Å². The topological polar surface area (TPSA) is 119 Å². The summed E-state index contributed by atoms with van der Waals surface area (Å²) >= 11 is 0. The number of benzene rings is 1. The number of nitrogens with one attached hydrogen (secondary N) is 2. The van der Waals surface area contributed by atoms with Gasteiger partial charge in [-0.1, -0.05) is 12.1 Å². The second-order valence-corrected chi connectivity index (χ2v) is 9.87. The van der Waals surface area contributed by atoms with Crippen molar-refractivity contribution in [3.05, 3.63) is 52.7 Å². The summed E-state index contributed by atoms with van der Waals surface area (Å²) in [7, 11) is -1.66. The van der Waals surface area contributed by atoms with E-state index >= 15 is 0 Å². The van der Waals surface area contributed by atoms with Crippen molar-refractivity contribution in [3.63, 3.8) is 0 Å². The van der Waals surface area contributed by atoms with E-state index in [0.29, 0.717) is 34.3 Å². The molecule has 0 radical (unpaired) electrons. The zero-order valence-electron chi connectivity index (χ0n) is 18.4. The van der Waals surface area contributed by atoms with Gasteiger partial charge in [0.2, 0.25) is 15.9 Å². The van der Waals surface area contributed by atoms with Gasteiger partial charge in [0.1, 0.15) is 17.1 Å². The van der Waals surface area contributed by atoms with Crippen LogP contribution in [0, 0.1) is 6.92 Å². The van der Waals surface area contributed by atoms with Crippen LogP contribution in [0.4, 0.5) is 5.69 Å². The minimum absolute atomic E-state index is 0.0407. The maximum atomic E-state index is 12.9. The third kappa shape index (κ3) is 4.40. The lowest BCUT2D eigenvalue weighted by molar-refractivity contribution is 0.0940. The molecule has 1 aromatic carbocycles. The standard InChI is InChI=1S/C22H27N5O4S/c1-4-32(29,30)26-18-12-8-6-10-16(18)22-24-19(14(2)31-22)13-23-21(28)20-15-9-5-7-11-17(15)25-27(20)3/h6,8,10,12,26H,4-5,7,9,11,13H2,1-3H3,(H,23,28). The van der Waals surface area contributed by atoms with Crippen LogP contribution in [0.25, 0.3) is 11.5 Å². The van der Waals surface area contributed by atoms with Crippen LogP contribution in [0.5, 0.6) is 0 Å². The van der Waals surface area contributed by atoms with Crippen molar-refractivity contribution in [2.45, 2.75) is 46.1 Å². The van der Waals surface area contributed by atoms with Gasteiger partial charge >= 0.3 is 0 Å². The van der Waals surface area contributed by atoms with Gasteiger partial charge in [-0.3, -0.25) is 14.2 Å². The van der Waals surface area contributed by atoms with Crippen molar-refractivity contribution in [1.82, 2.24) is 20.1 Å². The molecule has 3 aromatic rings. The van der Waals surface area contributed by atoms with Crippen LogP contribution >= 0.6 is 0 Å². The molecule has 170 valence electrons. The van der Waals surface area contributed by atoms with Crippen LogP contribution in [0.15, 0.2) is 28.7 Å². The predicted molar refractivity (Wildman–Crippen MR) is 121 cm³/mol. The maximum absolute atomic E-state index is 12.9. The molecule has 2 aromatic heterocycles. The number of carbonyl (C=O) groups excluding carboxylic acids is 1. The summed E-state index contributed by atoms with van der Waals surface area (Å²) in [5.74, 6) is 0.615. The highest BCUT2D eigenvalue weighted by Gasteiger charge is 2.24. The molecule has 0 saturated heterocycles. The molecule has 0 saturated carbocycles. The van der Waals surface area contributed by atoms with Crippen LogP contribution < -0.4 is 10.0 Å². The van der Waals surface area contributed by atoms with Crippen LogP contribution in [-0.2, 0) is 36.5 Å². The first-order valence-corrected chi connectivity index (χ1v) is 12.3. The number of anilines is 1. The summed E-state index contributed by atoms with van der Waals surface area (Å²) in [6.07, 6.45) is 3.93. The fourth-order valence-corrected chi connectivity index (χ4v) is 4.58. The highest BCUT2D eigenvalue weighted by Crippen LogP contribution is 2.30. The van der Waals surface area contributed by atoms with Gasteiger partial charge in [-0.05, 0) is 51.7 Å². The number of nitrogens with zero attached hydrogens (tertiary/aromatic N) is 3. The summed E-state index contributed by atoms with van der Waals surface area (Å²) in [6, 6.07) is 6.92. The highest BCUT2D eigenvalue weighted by molar-refractivity contribution is 7.92. The van der Waals surface area contributed by atoms with Crippen molar-refractivity contribution in [1.29, 1.82) is 0 Å². The van der Waals surface area contributed by atoms with Gasteiger partial charge in [0, 0.05) is 12.6 Å². The fraction of sp³-hybridized carbons (Fsp3) is 0.409. The molecule has 0 spiro atoms. The number of para-hydroxylation sites is 1. The molecule has 9 nitrogen and oxygen atoms in total. The third-order valence-electron chi connectivity index (χ3n) is 5.65. The van der Waals surface area contributed by atoms with Gasteiger partial charge in [-0.15, -0.1) is 0 Å². The molecule has 0 fully saturated rings. The molecule has 2 heterocycles. The molecule has 0 unspecified atom stereocenters. The van der Waals surface area contributed by atoms with E-state index in [4.69, 9.17) is 4.42 Å². The van der Waals surface area contributed by atoms with Gasteiger partial charge in [-0.25, -0.2) is 13.4 Å². The van der Waals surface area contributed by atoms with Crippen molar-refractivity contribution in [2.75, 3.05) is 10.5 Å². The fourth-order valence-electron chi connectivity index (χ4n) is 3.92. The van der Waals surface area contributed by atoms with E-state index in [9.17, 15) is 13.2 Å². The molecule has 1 aliphatic carbocycles. The number of fused-ring (bicyclic) bond motifs is 1. The lowest BCUT2D eigenvalue weighted by atomic mass is 9.95. The Kier molecular flexibility index (Phi) is 6.05. The van der Waals surface area contributed by atoms with Gasteiger partial charge in [0.25, 0.3) is 5.91 Å². The molecule has 1 amide bonds. The van der Waals surface area contributed by atoms with Gasteiger partial charge in [0.05, 0.1) is 29.2 Å². The minimum atomic E-state index is -3.45. The Morgan fingerprint density at radius 2 is 1.97 bits per heavy atom. The number of amides is 1. The third-order valence-corrected chi connectivity index (χ3v) is 6.94. The number of rotatable bonds is 7. The second kappa shape index (κ2) is 8.78. The Balaban J connectivity index is 1.54. The second-order valence-electron chi connectivity index (χ2n) is 7.86. The number of aryl methyl sites for hydroxylation is 3. The van der Waals surface area contributed by atoms with E-state index in [-0.39, 0.29) is 18.2 Å². The lowest BCUT2D eigenvalue weighted by Gasteiger charge is -2.11. The average molecular weight is 458 g/mol. The zero-order valence-corrected chi connectivity index (χ0v) is 19.3. The molecule has 2 N–H and O–H groups in total. The Morgan fingerprint density at radius 1 is 1.22 bits per heavy atom. The molecule has 0 bridgehead atoms. The molecular formula is C22H27N5O4S. The molecule has 4 rings (SSSR count). The van der Waals surface area contributed by atoms with E-state index in [1.165, 1.54) is 0 Å². The van der Waals surface area contributed by atoms with E-state index in [1.54, 1.807) is 49.8 Å². The van der Waals surface area contributed by atoms with Crippen LogP contribution in [0.3, 0.4) is 0 Å². The maximum Gasteiger partial charge on any atom is 0.270 e. The molecule has 10 heteroatoms. The highest BCUT2D eigenvalue weighted by atomic mass is 32.2. The van der Waals surface area contributed by atoms with Crippen molar-refractivity contribution < 1.29 is 17.6 Å². The van der Waals surface area contributed by atoms with Gasteiger partial charge in [-0.2, -0.15) is 5.10 Å². The van der Waals surface area contributed by atoms with Crippen LogP contribution in [-0.4, -0.2) is 34.8 Å². The molecule has 0 aliphatic heterocycles. The van der Waals surface area contributed by atoms with E-state index in [2.05, 4.69) is 20.1 Å². The zero-order chi connectivity index (χ0) is 22.9. The van der Waals surface area contributed by atoms with Crippen LogP contribution in [0.2, 0.25) is 0 Å². The lowest BCUT2D eigenvalue weighted by Crippen LogP contribution is -2.27. The summed E-state index contributed by atoms with van der Waals surface area (Å²) in [5.41, 5.74) is 4.15. The number of sulfonamides is 1. The molecule has 32 heavy (non-hydrogen) atoms.